The number of likely N-dealkylation sites (tertiary alicyclic amines) is 1. The van der Waals surface area contributed by atoms with Crippen LogP contribution in [0.4, 0.5) is 8.78 Å². The highest BCUT2D eigenvalue weighted by Crippen LogP contribution is 2.44. The van der Waals surface area contributed by atoms with Crippen LogP contribution in [0.5, 0.6) is 0 Å². The van der Waals surface area contributed by atoms with Gasteiger partial charge in [-0.25, -0.2) is 17.2 Å². The molecule has 0 unspecified atom stereocenters. The average molecular weight is 492 g/mol. The number of hydrogen-bond donors (Lipinski definition) is 1. The van der Waals surface area contributed by atoms with Gasteiger partial charge in [0.05, 0.1) is 10.8 Å². The Bertz CT molecular complexity index is 1210. The number of nitrogens with zero attached hydrogens (tertiary/aromatic N) is 1. The van der Waals surface area contributed by atoms with Gasteiger partial charge in [0.25, 0.3) is 0 Å². The van der Waals surface area contributed by atoms with E-state index < -0.39 is 38.1 Å². The predicted molar refractivity (Wildman–Crippen MR) is 121 cm³/mol. The molecule has 6 nitrogen and oxygen atoms in total. The molecule has 34 heavy (non-hydrogen) atoms. The molecular formula is C25H27F2NO5S. The number of amides is 1. The number of aryl methyl sites for hydroxylation is 1. The van der Waals surface area contributed by atoms with Gasteiger partial charge in [0.2, 0.25) is 5.91 Å². The van der Waals surface area contributed by atoms with E-state index in [1.165, 1.54) is 29.2 Å². The minimum Gasteiger partial charge on any atom is -0.481 e. The maximum Gasteiger partial charge on any atom is 0.306 e. The summed E-state index contributed by atoms with van der Waals surface area (Å²) in [5.41, 5.74) is 0.629. The second-order valence-electron chi connectivity index (χ2n) is 9.31. The molecule has 0 aromatic heterocycles. The molecule has 2 aromatic carbocycles. The van der Waals surface area contributed by atoms with Gasteiger partial charge >= 0.3 is 5.97 Å². The Morgan fingerprint density at radius 1 is 1.00 bits per heavy atom. The van der Waals surface area contributed by atoms with Gasteiger partial charge in [0, 0.05) is 19.0 Å². The number of carboxylic acids is 1. The van der Waals surface area contributed by atoms with Crippen LogP contribution in [0, 0.1) is 30.4 Å². The molecule has 1 aliphatic heterocycles. The van der Waals surface area contributed by atoms with Crippen molar-refractivity contribution in [1.29, 1.82) is 0 Å². The van der Waals surface area contributed by atoms with Crippen molar-refractivity contribution < 1.29 is 31.9 Å². The molecule has 1 amide bonds. The lowest BCUT2D eigenvalue weighted by molar-refractivity contribution is -0.145. The number of hydrogen-bond acceptors (Lipinski definition) is 4. The standard InChI is InChI=1S/C25H27F2NO5S/c1-16-2-7-19(14-22(16)27)25(34(32,33)21-10-8-20(26)9-11-21)12-13-28(15-25)23(29)17-3-5-18(6-4-17)24(30)31/h2,7-11,14,17-18H,3-6,12-13,15H2,1H3,(H,30,31)/t17-,18-,25-/m0/s1. The fraction of sp³-hybridized carbons (Fsp3) is 0.440. The van der Waals surface area contributed by atoms with Crippen molar-refractivity contribution in [2.45, 2.75) is 48.7 Å². The van der Waals surface area contributed by atoms with E-state index in [0.29, 0.717) is 31.2 Å². The Kier molecular flexibility index (Phi) is 6.50. The predicted octanol–water partition coefficient (Wildman–Crippen LogP) is 4.07. The average Bonchev–Trinajstić information content (AvgIpc) is 3.28. The van der Waals surface area contributed by atoms with Crippen LogP contribution in [0.15, 0.2) is 47.4 Å². The summed E-state index contributed by atoms with van der Waals surface area (Å²) in [5, 5.41) is 9.21. The van der Waals surface area contributed by atoms with Gasteiger partial charge in [-0.05, 0) is 80.5 Å². The topological polar surface area (TPSA) is 91.8 Å². The van der Waals surface area contributed by atoms with Gasteiger partial charge in [-0.15, -0.1) is 0 Å². The van der Waals surface area contributed by atoms with Crippen molar-refractivity contribution >= 4 is 21.7 Å². The molecule has 0 radical (unpaired) electrons. The summed E-state index contributed by atoms with van der Waals surface area (Å²) in [6, 6.07) is 8.81. The van der Waals surface area contributed by atoms with E-state index in [1.807, 2.05) is 0 Å². The van der Waals surface area contributed by atoms with Crippen molar-refractivity contribution in [1.82, 2.24) is 4.90 Å². The van der Waals surface area contributed by atoms with E-state index in [1.54, 1.807) is 13.0 Å². The molecule has 0 bridgehead atoms. The summed E-state index contributed by atoms with van der Waals surface area (Å²) >= 11 is 0. The number of carbonyl (C=O) groups is 2. The molecule has 1 saturated heterocycles. The van der Waals surface area contributed by atoms with Crippen molar-refractivity contribution in [3.63, 3.8) is 0 Å². The van der Waals surface area contributed by atoms with Crippen LogP contribution < -0.4 is 0 Å². The van der Waals surface area contributed by atoms with Crippen LogP contribution in [0.3, 0.4) is 0 Å². The highest BCUT2D eigenvalue weighted by molar-refractivity contribution is 7.92. The highest BCUT2D eigenvalue weighted by Gasteiger charge is 2.53. The first-order chi connectivity index (χ1) is 16.0. The molecule has 2 fully saturated rings. The molecule has 0 spiro atoms. The second-order valence-corrected chi connectivity index (χ2v) is 11.6. The quantitative estimate of drug-likeness (QED) is 0.637. The van der Waals surface area contributed by atoms with Crippen molar-refractivity contribution in [2.24, 2.45) is 11.8 Å². The number of sulfone groups is 1. The van der Waals surface area contributed by atoms with Gasteiger partial charge in [-0.3, -0.25) is 9.59 Å². The van der Waals surface area contributed by atoms with E-state index in [9.17, 15) is 31.9 Å². The number of aliphatic carboxylic acids is 1. The minimum atomic E-state index is -4.12. The molecule has 4 rings (SSSR count). The fourth-order valence-corrected chi connectivity index (χ4v) is 7.21. The number of halogens is 2. The van der Waals surface area contributed by atoms with E-state index in [2.05, 4.69) is 0 Å². The van der Waals surface area contributed by atoms with E-state index in [0.717, 1.165) is 12.1 Å². The lowest BCUT2D eigenvalue weighted by Gasteiger charge is -2.32. The largest absolute Gasteiger partial charge is 0.481 e. The molecular weight excluding hydrogens is 464 g/mol. The van der Waals surface area contributed by atoms with Gasteiger partial charge < -0.3 is 10.0 Å². The summed E-state index contributed by atoms with van der Waals surface area (Å²) < 4.78 is 54.2. The summed E-state index contributed by atoms with van der Waals surface area (Å²) in [4.78, 5) is 25.9. The lowest BCUT2D eigenvalue weighted by atomic mass is 9.81. The number of rotatable bonds is 5. The van der Waals surface area contributed by atoms with E-state index in [4.69, 9.17) is 0 Å². The molecule has 1 atom stereocenters. The zero-order valence-electron chi connectivity index (χ0n) is 18.8. The minimum absolute atomic E-state index is 0.0748. The summed E-state index contributed by atoms with van der Waals surface area (Å²) in [7, 11) is -4.12. The Morgan fingerprint density at radius 3 is 2.21 bits per heavy atom. The van der Waals surface area contributed by atoms with Crippen LogP contribution in [-0.4, -0.2) is 43.4 Å². The second kappa shape index (κ2) is 9.09. The Morgan fingerprint density at radius 2 is 1.62 bits per heavy atom. The van der Waals surface area contributed by atoms with E-state index >= 15 is 0 Å². The molecule has 1 N–H and O–H groups in total. The monoisotopic (exact) mass is 491 g/mol. The number of carboxylic acid groups (broad SMARTS) is 1. The fourth-order valence-electron chi connectivity index (χ4n) is 5.14. The molecule has 182 valence electrons. The third-order valence-corrected chi connectivity index (χ3v) is 9.80. The zero-order valence-corrected chi connectivity index (χ0v) is 19.7. The van der Waals surface area contributed by atoms with Crippen LogP contribution >= 0.6 is 0 Å². The van der Waals surface area contributed by atoms with Gasteiger partial charge in [-0.1, -0.05) is 12.1 Å². The molecule has 2 aromatic rings. The highest BCUT2D eigenvalue weighted by atomic mass is 32.2. The Labute approximate surface area is 197 Å². The SMILES string of the molecule is Cc1ccc([C@]2(S(=O)(=O)c3ccc(F)cc3)CCN(C(=O)[C@H]3CC[C@H](C(=O)O)CC3)C2)cc1F. The van der Waals surface area contributed by atoms with Gasteiger partial charge in [-0.2, -0.15) is 0 Å². The summed E-state index contributed by atoms with van der Waals surface area (Å²) in [6.07, 6.45) is 1.75. The van der Waals surface area contributed by atoms with Crippen molar-refractivity contribution in [3.8, 4) is 0 Å². The Hall–Kier alpha value is -2.81. The van der Waals surface area contributed by atoms with Gasteiger partial charge in [0.15, 0.2) is 9.84 Å². The van der Waals surface area contributed by atoms with Crippen LogP contribution in [0.25, 0.3) is 0 Å². The maximum atomic E-state index is 14.5. The molecule has 1 heterocycles. The molecule has 2 aliphatic rings. The van der Waals surface area contributed by atoms with Crippen molar-refractivity contribution in [3.05, 3.63) is 65.2 Å². The van der Waals surface area contributed by atoms with Gasteiger partial charge in [0.1, 0.15) is 16.4 Å². The first kappa shape index (κ1) is 24.3. The summed E-state index contributed by atoms with van der Waals surface area (Å²) in [6.45, 7) is 1.61. The number of carbonyl (C=O) groups excluding carboxylic acids is 1. The van der Waals surface area contributed by atoms with Crippen LogP contribution in [-0.2, 0) is 24.2 Å². The van der Waals surface area contributed by atoms with Crippen LogP contribution in [0.1, 0.15) is 43.2 Å². The maximum absolute atomic E-state index is 14.5. The third-order valence-electron chi connectivity index (χ3n) is 7.31. The Balaban J connectivity index is 1.68. The third kappa shape index (κ3) is 4.21. The number of benzene rings is 2. The zero-order chi connectivity index (χ0) is 24.7. The summed E-state index contributed by atoms with van der Waals surface area (Å²) in [5.74, 6) is -3.01. The molecule has 9 heteroatoms. The van der Waals surface area contributed by atoms with Crippen molar-refractivity contribution in [2.75, 3.05) is 13.1 Å². The first-order valence-electron chi connectivity index (χ1n) is 11.3. The molecule has 1 saturated carbocycles. The normalized spacial score (nSPS) is 25.3. The van der Waals surface area contributed by atoms with E-state index in [-0.39, 0.29) is 41.8 Å². The molecule has 1 aliphatic carbocycles. The first-order valence-corrected chi connectivity index (χ1v) is 12.8. The van der Waals surface area contributed by atoms with Crippen LogP contribution in [0.2, 0.25) is 0 Å². The smallest absolute Gasteiger partial charge is 0.306 e. The lowest BCUT2D eigenvalue weighted by Crippen LogP contribution is -2.43.